The molecule has 0 radical (unpaired) electrons. The first kappa shape index (κ1) is 10.6. The quantitative estimate of drug-likeness (QED) is 0.796. The van der Waals surface area contributed by atoms with Crippen molar-refractivity contribution in [2.75, 3.05) is 18.4 Å². The van der Waals surface area contributed by atoms with E-state index in [1.807, 2.05) is 0 Å². The Labute approximate surface area is 94.7 Å². The lowest BCUT2D eigenvalue weighted by molar-refractivity contribution is 0.122. The van der Waals surface area contributed by atoms with Gasteiger partial charge in [-0.3, -0.25) is 4.90 Å². The second-order valence-corrected chi connectivity index (χ2v) is 4.50. The van der Waals surface area contributed by atoms with Crippen LogP contribution in [-0.2, 0) is 0 Å². The summed E-state index contributed by atoms with van der Waals surface area (Å²) < 4.78 is 0. The highest BCUT2D eigenvalue weighted by atomic mass is 35.5. The largest absolute Gasteiger partial charge is 0.365 e. The number of nitrogens with one attached hydrogen (secondary N) is 1. The molecule has 15 heavy (non-hydrogen) atoms. The summed E-state index contributed by atoms with van der Waals surface area (Å²) in [6.07, 6.45) is 1.48. The molecule has 1 aliphatic heterocycles. The maximum Gasteiger partial charge on any atom is 0.134 e. The summed E-state index contributed by atoms with van der Waals surface area (Å²) in [4.78, 5) is 10.3. The summed E-state index contributed by atoms with van der Waals surface area (Å²) in [5, 5.41) is 3.81. The van der Waals surface area contributed by atoms with E-state index in [1.165, 1.54) is 6.33 Å². The number of halogens is 1. The molecule has 2 rings (SSSR count). The molecule has 1 aromatic heterocycles. The Morgan fingerprint density at radius 3 is 2.80 bits per heavy atom. The average molecular weight is 227 g/mol. The van der Waals surface area contributed by atoms with Gasteiger partial charge in [0.25, 0.3) is 0 Å². The van der Waals surface area contributed by atoms with Gasteiger partial charge in [0.05, 0.1) is 6.04 Å². The fourth-order valence-corrected chi connectivity index (χ4v) is 1.79. The molecule has 0 spiro atoms. The van der Waals surface area contributed by atoms with E-state index in [2.05, 4.69) is 34.0 Å². The Kier molecular flexibility index (Phi) is 3.07. The van der Waals surface area contributed by atoms with E-state index in [0.29, 0.717) is 17.2 Å². The molecule has 0 aliphatic carbocycles. The van der Waals surface area contributed by atoms with Crippen LogP contribution in [0.1, 0.15) is 13.8 Å². The standard InChI is InChI=1S/C10H15ClN4/c1-7(2)15-4-8(5-15)14-10-3-9(11)12-6-13-10/h3,6-8H,4-5H2,1-2H3,(H,12,13,14). The van der Waals surface area contributed by atoms with Crippen LogP contribution in [0.4, 0.5) is 5.82 Å². The summed E-state index contributed by atoms with van der Waals surface area (Å²) in [7, 11) is 0. The molecule has 2 heterocycles. The molecule has 0 unspecified atom stereocenters. The van der Waals surface area contributed by atoms with Crippen molar-refractivity contribution in [3.8, 4) is 0 Å². The van der Waals surface area contributed by atoms with Gasteiger partial charge < -0.3 is 5.32 Å². The van der Waals surface area contributed by atoms with Crippen LogP contribution in [-0.4, -0.2) is 40.0 Å². The van der Waals surface area contributed by atoms with E-state index in [4.69, 9.17) is 11.6 Å². The fourth-order valence-electron chi connectivity index (χ4n) is 1.65. The van der Waals surface area contributed by atoms with Gasteiger partial charge in [0, 0.05) is 25.2 Å². The Morgan fingerprint density at radius 2 is 2.20 bits per heavy atom. The first-order valence-corrected chi connectivity index (χ1v) is 5.51. The van der Waals surface area contributed by atoms with Crippen LogP contribution in [0.2, 0.25) is 5.15 Å². The predicted octanol–water partition coefficient (Wildman–Crippen LogP) is 1.63. The van der Waals surface area contributed by atoms with Gasteiger partial charge in [-0.1, -0.05) is 11.6 Å². The van der Waals surface area contributed by atoms with Gasteiger partial charge in [0.1, 0.15) is 17.3 Å². The molecule has 1 N–H and O–H groups in total. The smallest absolute Gasteiger partial charge is 0.134 e. The molecular formula is C10H15ClN4. The molecule has 1 fully saturated rings. The van der Waals surface area contributed by atoms with Crippen LogP contribution in [0.15, 0.2) is 12.4 Å². The van der Waals surface area contributed by atoms with Crippen LogP contribution in [0.3, 0.4) is 0 Å². The summed E-state index contributed by atoms with van der Waals surface area (Å²) >= 11 is 5.77. The molecule has 0 saturated carbocycles. The van der Waals surface area contributed by atoms with Gasteiger partial charge in [0.2, 0.25) is 0 Å². The molecule has 0 amide bonds. The predicted molar refractivity (Wildman–Crippen MR) is 61.2 cm³/mol. The Hall–Kier alpha value is -0.870. The topological polar surface area (TPSA) is 41.0 Å². The Balaban J connectivity index is 1.85. The van der Waals surface area contributed by atoms with E-state index >= 15 is 0 Å². The zero-order chi connectivity index (χ0) is 10.8. The molecule has 0 bridgehead atoms. The zero-order valence-corrected chi connectivity index (χ0v) is 9.70. The van der Waals surface area contributed by atoms with Gasteiger partial charge in [-0.25, -0.2) is 9.97 Å². The number of nitrogens with zero attached hydrogens (tertiary/aromatic N) is 3. The first-order chi connectivity index (χ1) is 7.15. The lowest BCUT2D eigenvalue weighted by atomic mass is 10.1. The van der Waals surface area contributed by atoms with E-state index in [1.54, 1.807) is 6.07 Å². The Morgan fingerprint density at radius 1 is 1.47 bits per heavy atom. The number of rotatable bonds is 3. The molecule has 82 valence electrons. The third-order valence-electron chi connectivity index (χ3n) is 2.63. The summed E-state index contributed by atoms with van der Waals surface area (Å²) in [6, 6.07) is 2.86. The van der Waals surface area contributed by atoms with Crippen molar-refractivity contribution in [2.45, 2.75) is 25.9 Å². The summed E-state index contributed by atoms with van der Waals surface area (Å²) in [5.74, 6) is 0.809. The van der Waals surface area contributed by atoms with Crippen molar-refractivity contribution in [3.05, 3.63) is 17.5 Å². The van der Waals surface area contributed by atoms with E-state index < -0.39 is 0 Å². The summed E-state index contributed by atoms with van der Waals surface area (Å²) in [6.45, 7) is 6.55. The normalized spacial score (nSPS) is 17.9. The van der Waals surface area contributed by atoms with Crippen LogP contribution in [0, 0.1) is 0 Å². The third-order valence-corrected chi connectivity index (χ3v) is 2.83. The van der Waals surface area contributed by atoms with Crippen LogP contribution < -0.4 is 5.32 Å². The van der Waals surface area contributed by atoms with Crippen molar-refractivity contribution < 1.29 is 0 Å². The van der Waals surface area contributed by atoms with Gasteiger partial charge in [-0.2, -0.15) is 0 Å². The number of likely N-dealkylation sites (tertiary alicyclic amines) is 1. The fraction of sp³-hybridized carbons (Fsp3) is 0.600. The van der Waals surface area contributed by atoms with E-state index in [9.17, 15) is 0 Å². The number of anilines is 1. The SMILES string of the molecule is CC(C)N1CC(Nc2cc(Cl)ncn2)C1. The maximum atomic E-state index is 5.77. The highest BCUT2D eigenvalue weighted by Crippen LogP contribution is 2.17. The number of hydrogen-bond acceptors (Lipinski definition) is 4. The minimum atomic E-state index is 0.479. The maximum absolute atomic E-state index is 5.77. The molecule has 1 aliphatic rings. The zero-order valence-electron chi connectivity index (χ0n) is 8.94. The second-order valence-electron chi connectivity index (χ2n) is 4.11. The third kappa shape index (κ3) is 2.58. The van der Waals surface area contributed by atoms with Gasteiger partial charge >= 0.3 is 0 Å². The van der Waals surface area contributed by atoms with Gasteiger partial charge in [0.15, 0.2) is 0 Å². The van der Waals surface area contributed by atoms with E-state index in [-0.39, 0.29) is 0 Å². The molecule has 1 aromatic rings. The molecule has 0 atom stereocenters. The van der Waals surface area contributed by atoms with Crippen LogP contribution >= 0.6 is 11.6 Å². The highest BCUT2D eigenvalue weighted by molar-refractivity contribution is 6.29. The monoisotopic (exact) mass is 226 g/mol. The minimum Gasteiger partial charge on any atom is -0.365 e. The van der Waals surface area contributed by atoms with Gasteiger partial charge in [-0.15, -0.1) is 0 Å². The van der Waals surface area contributed by atoms with Crippen LogP contribution in [0.5, 0.6) is 0 Å². The van der Waals surface area contributed by atoms with Crippen molar-refractivity contribution in [1.29, 1.82) is 0 Å². The molecule has 0 aromatic carbocycles. The highest BCUT2D eigenvalue weighted by Gasteiger charge is 2.28. The molecule has 1 saturated heterocycles. The minimum absolute atomic E-state index is 0.479. The lowest BCUT2D eigenvalue weighted by Crippen LogP contribution is -2.57. The number of hydrogen-bond donors (Lipinski definition) is 1. The average Bonchev–Trinajstić information content (AvgIpc) is 2.10. The van der Waals surface area contributed by atoms with Crippen molar-refractivity contribution >= 4 is 17.4 Å². The Bertz CT molecular complexity index is 336. The first-order valence-electron chi connectivity index (χ1n) is 5.13. The summed E-state index contributed by atoms with van der Waals surface area (Å²) in [5.41, 5.74) is 0. The van der Waals surface area contributed by atoms with Crippen molar-refractivity contribution in [3.63, 3.8) is 0 Å². The lowest BCUT2D eigenvalue weighted by Gasteiger charge is -2.42. The van der Waals surface area contributed by atoms with Crippen molar-refractivity contribution in [2.24, 2.45) is 0 Å². The second kappa shape index (κ2) is 4.33. The molecular weight excluding hydrogens is 212 g/mol. The van der Waals surface area contributed by atoms with E-state index in [0.717, 1.165) is 18.9 Å². The van der Waals surface area contributed by atoms with Crippen LogP contribution in [0.25, 0.3) is 0 Å². The molecule has 4 nitrogen and oxygen atoms in total. The van der Waals surface area contributed by atoms with Crippen molar-refractivity contribution in [1.82, 2.24) is 14.9 Å². The number of aromatic nitrogens is 2. The van der Waals surface area contributed by atoms with Gasteiger partial charge in [-0.05, 0) is 13.8 Å². The molecule has 5 heteroatoms.